The predicted molar refractivity (Wildman–Crippen MR) is 99.3 cm³/mol. The fourth-order valence-corrected chi connectivity index (χ4v) is 3.40. The summed E-state index contributed by atoms with van der Waals surface area (Å²) in [5.74, 6) is -1.95. The van der Waals surface area contributed by atoms with Crippen molar-refractivity contribution in [1.82, 2.24) is 9.80 Å². The first-order chi connectivity index (χ1) is 12.8. The number of ether oxygens (including phenoxy) is 1. The van der Waals surface area contributed by atoms with Crippen molar-refractivity contribution in [3.63, 3.8) is 0 Å². The van der Waals surface area contributed by atoms with Crippen molar-refractivity contribution < 1.29 is 23.9 Å². The summed E-state index contributed by atoms with van der Waals surface area (Å²) >= 11 is 0. The molecule has 2 rings (SSSR count). The smallest absolute Gasteiger partial charge is 0.262 e. The lowest BCUT2D eigenvalue weighted by atomic mass is 9.93. The SMILES string of the molecule is C=C1C(=O)N(C2CCC(=O)N(CCOC)C2=O)C(=O)/C1=C(/C=C\C)C(C)C. The molecule has 0 aromatic heterocycles. The van der Waals surface area contributed by atoms with Crippen LogP contribution in [0, 0.1) is 5.92 Å². The van der Waals surface area contributed by atoms with Gasteiger partial charge in [-0.3, -0.25) is 29.0 Å². The van der Waals surface area contributed by atoms with Gasteiger partial charge < -0.3 is 4.74 Å². The van der Waals surface area contributed by atoms with E-state index in [1.807, 2.05) is 20.8 Å². The maximum atomic E-state index is 13.1. The van der Waals surface area contributed by atoms with Gasteiger partial charge in [-0.05, 0) is 24.8 Å². The monoisotopic (exact) mass is 374 g/mol. The molecule has 2 aliphatic heterocycles. The van der Waals surface area contributed by atoms with E-state index < -0.39 is 23.8 Å². The lowest BCUT2D eigenvalue weighted by Gasteiger charge is -2.34. The molecule has 2 fully saturated rings. The Hall–Kier alpha value is -2.54. The Morgan fingerprint density at radius 3 is 2.48 bits per heavy atom. The second kappa shape index (κ2) is 8.43. The number of rotatable bonds is 6. The van der Waals surface area contributed by atoms with E-state index in [1.54, 1.807) is 12.2 Å². The highest BCUT2D eigenvalue weighted by molar-refractivity contribution is 6.26. The zero-order chi connectivity index (χ0) is 20.3. The van der Waals surface area contributed by atoms with Gasteiger partial charge in [0.15, 0.2) is 0 Å². The molecule has 0 aromatic rings. The maximum Gasteiger partial charge on any atom is 0.262 e. The van der Waals surface area contributed by atoms with Gasteiger partial charge in [0, 0.05) is 19.1 Å². The van der Waals surface area contributed by atoms with Gasteiger partial charge in [0.2, 0.25) is 5.91 Å². The average molecular weight is 374 g/mol. The molecule has 27 heavy (non-hydrogen) atoms. The van der Waals surface area contributed by atoms with E-state index in [1.165, 1.54) is 7.11 Å². The zero-order valence-corrected chi connectivity index (χ0v) is 16.3. The number of hydrogen-bond donors (Lipinski definition) is 0. The highest BCUT2D eigenvalue weighted by Crippen LogP contribution is 2.34. The lowest BCUT2D eigenvalue weighted by Crippen LogP contribution is -2.56. The highest BCUT2D eigenvalue weighted by atomic mass is 16.5. The number of piperidine rings is 1. The summed E-state index contributed by atoms with van der Waals surface area (Å²) < 4.78 is 4.94. The van der Waals surface area contributed by atoms with Crippen LogP contribution in [0.1, 0.15) is 33.6 Å². The molecule has 0 spiro atoms. The summed E-state index contributed by atoms with van der Waals surface area (Å²) in [6.07, 6.45) is 3.80. The molecule has 2 saturated heterocycles. The molecule has 0 bridgehead atoms. The summed E-state index contributed by atoms with van der Waals surface area (Å²) in [7, 11) is 1.47. The van der Waals surface area contributed by atoms with E-state index in [9.17, 15) is 19.2 Å². The van der Waals surface area contributed by atoms with Crippen molar-refractivity contribution in [2.45, 2.75) is 39.7 Å². The van der Waals surface area contributed by atoms with Crippen molar-refractivity contribution in [2.24, 2.45) is 5.92 Å². The largest absolute Gasteiger partial charge is 0.383 e. The van der Waals surface area contributed by atoms with Crippen LogP contribution in [-0.2, 0) is 23.9 Å². The molecule has 1 unspecified atom stereocenters. The molecule has 7 heteroatoms. The van der Waals surface area contributed by atoms with Crippen LogP contribution in [0.4, 0.5) is 0 Å². The number of methoxy groups -OCH3 is 1. The number of imide groups is 2. The first kappa shape index (κ1) is 20.8. The third-order valence-corrected chi connectivity index (χ3v) is 4.78. The Labute approximate surface area is 159 Å². The Morgan fingerprint density at radius 2 is 1.93 bits per heavy atom. The second-order valence-electron chi connectivity index (χ2n) is 6.87. The van der Waals surface area contributed by atoms with Crippen LogP contribution < -0.4 is 0 Å². The molecular weight excluding hydrogens is 348 g/mol. The quantitative estimate of drug-likeness (QED) is 0.521. The van der Waals surface area contributed by atoms with Crippen LogP contribution in [0.25, 0.3) is 0 Å². The summed E-state index contributed by atoms with van der Waals surface area (Å²) in [4.78, 5) is 52.8. The predicted octanol–water partition coefficient (Wildman–Crippen LogP) is 1.60. The fraction of sp³-hybridized carbons (Fsp3) is 0.500. The summed E-state index contributed by atoms with van der Waals surface area (Å²) in [6.45, 7) is 9.76. The van der Waals surface area contributed by atoms with Gasteiger partial charge in [-0.15, -0.1) is 0 Å². The van der Waals surface area contributed by atoms with E-state index in [0.29, 0.717) is 5.57 Å². The van der Waals surface area contributed by atoms with Crippen molar-refractivity contribution in [2.75, 3.05) is 20.3 Å². The van der Waals surface area contributed by atoms with Crippen LogP contribution in [0.15, 0.2) is 35.5 Å². The molecule has 0 aromatic carbocycles. The molecule has 146 valence electrons. The molecule has 2 aliphatic rings. The van der Waals surface area contributed by atoms with Crippen LogP contribution in [-0.4, -0.2) is 59.7 Å². The van der Waals surface area contributed by atoms with E-state index in [-0.39, 0.29) is 49.0 Å². The number of carbonyl (C=O) groups is 4. The first-order valence-corrected chi connectivity index (χ1v) is 9.03. The number of nitrogens with zero attached hydrogens (tertiary/aromatic N) is 2. The van der Waals surface area contributed by atoms with Crippen LogP contribution in [0.2, 0.25) is 0 Å². The molecule has 2 heterocycles. The van der Waals surface area contributed by atoms with Gasteiger partial charge in [0.1, 0.15) is 6.04 Å². The third kappa shape index (κ3) is 3.78. The molecule has 7 nitrogen and oxygen atoms in total. The summed E-state index contributed by atoms with van der Waals surface area (Å²) in [5, 5.41) is 0. The van der Waals surface area contributed by atoms with Gasteiger partial charge >= 0.3 is 0 Å². The average Bonchev–Trinajstić information content (AvgIpc) is 2.83. The second-order valence-corrected chi connectivity index (χ2v) is 6.87. The van der Waals surface area contributed by atoms with Crippen LogP contribution in [0.3, 0.4) is 0 Å². The van der Waals surface area contributed by atoms with Crippen molar-refractivity contribution in [3.8, 4) is 0 Å². The minimum absolute atomic E-state index is 0.00601. The van der Waals surface area contributed by atoms with Gasteiger partial charge in [0.05, 0.1) is 18.7 Å². The fourth-order valence-electron chi connectivity index (χ4n) is 3.40. The Balaban J connectivity index is 2.41. The normalized spacial score (nSPS) is 23.4. The Kier molecular flexibility index (Phi) is 6.49. The molecule has 4 amide bonds. The maximum absolute atomic E-state index is 13.1. The lowest BCUT2D eigenvalue weighted by molar-refractivity contribution is -0.159. The molecule has 1 atom stereocenters. The van der Waals surface area contributed by atoms with E-state index in [0.717, 1.165) is 9.80 Å². The minimum Gasteiger partial charge on any atom is -0.383 e. The third-order valence-electron chi connectivity index (χ3n) is 4.78. The van der Waals surface area contributed by atoms with Gasteiger partial charge in [0.25, 0.3) is 17.7 Å². The number of amides is 4. The number of allylic oxidation sites excluding steroid dienone is 3. The highest BCUT2D eigenvalue weighted by Gasteiger charge is 2.48. The van der Waals surface area contributed by atoms with Gasteiger partial charge in [-0.25, -0.2) is 0 Å². The minimum atomic E-state index is -0.993. The summed E-state index contributed by atoms with van der Waals surface area (Å²) in [5.41, 5.74) is 1.05. The topological polar surface area (TPSA) is 84.0 Å². The van der Waals surface area contributed by atoms with E-state index in [2.05, 4.69) is 6.58 Å². The number of likely N-dealkylation sites (tertiary alicyclic amines) is 2. The van der Waals surface area contributed by atoms with Crippen molar-refractivity contribution in [1.29, 1.82) is 0 Å². The molecule has 0 aliphatic carbocycles. The Bertz CT molecular complexity index is 747. The first-order valence-electron chi connectivity index (χ1n) is 9.03. The standard InChI is InChI=1S/C20H26N2O5/c1-6-7-14(12(2)3)17-13(4)18(24)22(20(17)26)15-8-9-16(23)21(19(15)25)10-11-27-5/h6-7,12,15H,4,8-11H2,1-3,5H3/b7-6-,17-14-. The van der Waals surface area contributed by atoms with Crippen molar-refractivity contribution >= 4 is 23.6 Å². The van der Waals surface area contributed by atoms with Crippen molar-refractivity contribution in [3.05, 3.63) is 35.5 Å². The van der Waals surface area contributed by atoms with Crippen LogP contribution >= 0.6 is 0 Å². The molecular formula is C20H26N2O5. The molecule has 0 radical (unpaired) electrons. The molecule has 0 saturated carbocycles. The van der Waals surface area contributed by atoms with E-state index >= 15 is 0 Å². The number of hydrogen-bond acceptors (Lipinski definition) is 5. The molecule has 0 N–H and O–H groups in total. The number of carbonyl (C=O) groups excluding carboxylic acids is 4. The Morgan fingerprint density at radius 1 is 1.26 bits per heavy atom. The van der Waals surface area contributed by atoms with Crippen LogP contribution in [0.5, 0.6) is 0 Å². The van der Waals surface area contributed by atoms with Gasteiger partial charge in [-0.1, -0.05) is 32.6 Å². The van der Waals surface area contributed by atoms with Gasteiger partial charge in [-0.2, -0.15) is 0 Å². The van der Waals surface area contributed by atoms with E-state index in [4.69, 9.17) is 4.74 Å². The summed E-state index contributed by atoms with van der Waals surface area (Å²) in [6, 6.07) is -0.993. The zero-order valence-electron chi connectivity index (χ0n) is 16.3.